The van der Waals surface area contributed by atoms with E-state index in [1.165, 1.54) is 0 Å². The topological polar surface area (TPSA) is 17.1 Å². The molecule has 0 aliphatic carbocycles. The minimum Gasteiger partial charge on any atom is -0.294 e. The van der Waals surface area contributed by atoms with E-state index in [9.17, 15) is 4.79 Å². The molecule has 3 heteroatoms. The van der Waals surface area contributed by atoms with Gasteiger partial charge >= 0.3 is 0 Å². The van der Waals surface area contributed by atoms with Crippen LogP contribution in [-0.4, -0.2) is 5.78 Å². The first-order valence-corrected chi connectivity index (χ1v) is 6.39. The fourth-order valence-corrected chi connectivity index (χ4v) is 2.78. The third kappa shape index (κ3) is 3.11. The van der Waals surface area contributed by atoms with Gasteiger partial charge in [-0.15, -0.1) is 0 Å². The zero-order valence-electron chi connectivity index (χ0n) is 9.31. The zero-order valence-corrected chi connectivity index (χ0v) is 10.9. The number of hydrogen-bond donors (Lipinski definition) is 0. The summed E-state index contributed by atoms with van der Waals surface area (Å²) in [6, 6.07) is 15.3. The lowest BCUT2D eigenvalue weighted by Gasteiger charge is -2.07. The van der Waals surface area contributed by atoms with Crippen molar-refractivity contribution in [1.29, 1.82) is 0 Å². The summed E-state index contributed by atoms with van der Waals surface area (Å²) in [6.07, 6.45) is 0. The highest BCUT2D eigenvalue weighted by molar-refractivity contribution is 7.99. The van der Waals surface area contributed by atoms with Crippen LogP contribution in [0.3, 0.4) is 0 Å². The van der Waals surface area contributed by atoms with E-state index in [-0.39, 0.29) is 5.78 Å². The van der Waals surface area contributed by atoms with Gasteiger partial charge in [-0.2, -0.15) is 0 Å². The maximum atomic E-state index is 11.5. The van der Waals surface area contributed by atoms with Gasteiger partial charge in [0.05, 0.1) is 0 Å². The van der Waals surface area contributed by atoms with Crippen molar-refractivity contribution in [1.82, 2.24) is 0 Å². The normalized spacial score (nSPS) is 10.2. The summed E-state index contributed by atoms with van der Waals surface area (Å²) in [5.74, 6) is 0.0556. The van der Waals surface area contributed by atoms with E-state index >= 15 is 0 Å². The van der Waals surface area contributed by atoms with Crippen LogP contribution in [0, 0.1) is 0 Å². The second-order valence-electron chi connectivity index (χ2n) is 3.61. The molecule has 0 aliphatic rings. The minimum absolute atomic E-state index is 0.0556. The van der Waals surface area contributed by atoms with Crippen LogP contribution in [0.25, 0.3) is 0 Å². The van der Waals surface area contributed by atoms with E-state index < -0.39 is 0 Å². The summed E-state index contributed by atoms with van der Waals surface area (Å²) >= 11 is 7.51. The number of carbonyl (C=O) groups excluding carboxylic acids is 1. The van der Waals surface area contributed by atoms with Crippen molar-refractivity contribution in [3.8, 4) is 0 Å². The summed E-state index contributed by atoms with van der Waals surface area (Å²) in [6.45, 7) is 1.57. The van der Waals surface area contributed by atoms with Gasteiger partial charge in [-0.1, -0.05) is 41.6 Å². The molecule has 0 radical (unpaired) electrons. The summed E-state index contributed by atoms with van der Waals surface area (Å²) in [7, 11) is 0. The Morgan fingerprint density at radius 2 is 1.82 bits per heavy atom. The van der Waals surface area contributed by atoms with Crippen LogP contribution in [-0.2, 0) is 0 Å². The van der Waals surface area contributed by atoms with E-state index in [4.69, 9.17) is 11.6 Å². The molecule has 0 atom stereocenters. The first-order chi connectivity index (χ1) is 8.16. The molecule has 1 nitrogen and oxygen atoms in total. The van der Waals surface area contributed by atoms with Crippen molar-refractivity contribution in [2.75, 3.05) is 0 Å². The van der Waals surface area contributed by atoms with Crippen molar-refractivity contribution >= 4 is 29.1 Å². The molecule has 0 fully saturated rings. The lowest BCUT2D eigenvalue weighted by atomic mass is 10.1. The Hall–Kier alpha value is -1.25. The maximum absolute atomic E-state index is 11.5. The first kappa shape index (κ1) is 12.2. The molecule has 86 valence electrons. The number of ketones is 1. The predicted molar refractivity (Wildman–Crippen MR) is 72.0 cm³/mol. The number of hydrogen-bond acceptors (Lipinski definition) is 2. The van der Waals surface area contributed by atoms with Gasteiger partial charge in [-0.25, -0.2) is 0 Å². The van der Waals surface area contributed by atoms with Crippen LogP contribution in [0.4, 0.5) is 0 Å². The fourth-order valence-electron chi connectivity index (χ4n) is 1.49. The quantitative estimate of drug-likeness (QED) is 0.746. The van der Waals surface area contributed by atoms with E-state index in [0.717, 1.165) is 9.79 Å². The molecule has 0 saturated carbocycles. The Morgan fingerprint density at radius 1 is 1.12 bits per heavy atom. The molecule has 0 aromatic heterocycles. The lowest BCUT2D eigenvalue weighted by molar-refractivity contribution is 0.101. The molecule has 0 amide bonds. The highest BCUT2D eigenvalue weighted by Crippen LogP contribution is 2.32. The number of halogens is 1. The molecule has 0 heterocycles. The third-order valence-electron chi connectivity index (χ3n) is 2.29. The number of rotatable bonds is 3. The smallest absolute Gasteiger partial charge is 0.160 e. The molecule has 17 heavy (non-hydrogen) atoms. The second-order valence-corrected chi connectivity index (χ2v) is 5.16. The van der Waals surface area contributed by atoms with E-state index in [1.54, 1.807) is 30.8 Å². The van der Waals surface area contributed by atoms with Crippen molar-refractivity contribution in [3.05, 3.63) is 59.1 Å². The Bertz CT molecular complexity index is 537. The Labute approximate surface area is 110 Å². The zero-order chi connectivity index (χ0) is 12.3. The first-order valence-electron chi connectivity index (χ1n) is 5.20. The van der Waals surface area contributed by atoms with Crippen LogP contribution < -0.4 is 0 Å². The predicted octanol–water partition coefficient (Wildman–Crippen LogP) is 4.69. The van der Waals surface area contributed by atoms with Crippen molar-refractivity contribution in [2.45, 2.75) is 16.7 Å². The lowest BCUT2D eigenvalue weighted by Crippen LogP contribution is -1.94. The standard InChI is InChI=1S/C14H11ClOS/c1-10(16)13-8-7-11(15)9-14(13)17-12-5-3-2-4-6-12/h2-9H,1H3. The van der Waals surface area contributed by atoms with E-state index in [1.807, 2.05) is 36.4 Å². The SMILES string of the molecule is CC(=O)c1ccc(Cl)cc1Sc1ccccc1. The van der Waals surface area contributed by atoms with E-state index in [2.05, 4.69) is 0 Å². The fraction of sp³-hybridized carbons (Fsp3) is 0.0714. The molecule has 2 aromatic rings. The number of Topliss-reactive ketones (excluding diaryl/α,β-unsaturated/α-hetero) is 1. The molecule has 0 unspecified atom stereocenters. The summed E-state index contributed by atoms with van der Waals surface area (Å²) in [5.41, 5.74) is 0.711. The molecule has 0 aliphatic heterocycles. The van der Waals surface area contributed by atoms with Crippen LogP contribution >= 0.6 is 23.4 Å². The Morgan fingerprint density at radius 3 is 2.47 bits per heavy atom. The molecule has 0 bridgehead atoms. The molecule has 0 saturated heterocycles. The molecule has 2 rings (SSSR count). The molecular weight excluding hydrogens is 252 g/mol. The van der Waals surface area contributed by atoms with Crippen molar-refractivity contribution in [3.63, 3.8) is 0 Å². The van der Waals surface area contributed by atoms with Gasteiger partial charge in [-0.05, 0) is 37.3 Å². The highest BCUT2D eigenvalue weighted by Gasteiger charge is 2.09. The van der Waals surface area contributed by atoms with Crippen LogP contribution in [0.1, 0.15) is 17.3 Å². The van der Waals surface area contributed by atoms with Crippen LogP contribution in [0.2, 0.25) is 5.02 Å². The van der Waals surface area contributed by atoms with E-state index in [0.29, 0.717) is 10.6 Å². The van der Waals surface area contributed by atoms with Gasteiger partial charge in [0.1, 0.15) is 0 Å². The minimum atomic E-state index is 0.0556. The van der Waals surface area contributed by atoms with Gasteiger partial charge in [0.2, 0.25) is 0 Å². The average Bonchev–Trinajstić information content (AvgIpc) is 2.30. The third-order valence-corrected chi connectivity index (χ3v) is 3.59. The molecule has 2 aromatic carbocycles. The van der Waals surface area contributed by atoms with Crippen molar-refractivity contribution < 1.29 is 4.79 Å². The average molecular weight is 263 g/mol. The summed E-state index contributed by atoms with van der Waals surface area (Å²) in [5, 5.41) is 0.647. The van der Waals surface area contributed by atoms with Gasteiger partial charge in [0, 0.05) is 20.4 Å². The number of carbonyl (C=O) groups is 1. The van der Waals surface area contributed by atoms with Gasteiger partial charge in [-0.3, -0.25) is 4.79 Å². The Kier molecular flexibility index (Phi) is 3.87. The molecule has 0 spiro atoms. The largest absolute Gasteiger partial charge is 0.294 e. The summed E-state index contributed by atoms with van der Waals surface area (Å²) in [4.78, 5) is 13.5. The van der Waals surface area contributed by atoms with Crippen molar-refractivity contribution in [2.24, 2.45) is 0 Å². The Balaban J connectivity index is 2.37. The highest BCUT2D eigenvalue weighted by atomic mass is 35.5. The number of benzene rings is 2. The summed E-state index contributed by atoms with van der Waals surface area (Å²) < 4.78 is 0. The maximum Gasteiger partial charge on any atom is 0.160 e. The van der Waals surface area contributed by atoms with Crippen LogP contribution in [0.5, 0.6) is 0 Å². The van der Waals surface area contributed by atoms with Gasteiger partial charge < -0.3 is 0 Å². The van der Waals surface area contributed by atoms with Gasteiger partial charge in [0.15, 0.2) is 5.78 Å². The molecule has 0 N–H and O–H groups in total. The monoisotopic (exact) mass is 262 g/mol. The van der Waals surface area contributed by atoms with Gasteiger partial charge in [0.25, 0.3) is 0 Å². The second kappa shape index (κ2) is 5.39. The van der Waals surface area contributed by atoms with Crippen LogP contribution in [0.15, 0.2) is 58.3 Å². The molecular formula is C14H11ClOS.